The predicted molar refractivity (Wildman–Crippen MR) is 63.3 cm³/mol. The first kappa shape index (κ1) is 12.4. The lowest BCUT2D eigenvalue weighted by atomic mass is 10.2. The molecule has 0 saturated carbocycles. The number of nitrogens with zero attached hydrogens (tertiary/aromatic N) is 2. The Morgan fingerprint density at radius 3 is 2.94 bits per heavy atom. The Labute approximate surface area is 104 Å². The molecular formula is C12H14N2O4. The third-order valence-corrected chi connectivity index (χ3v) is 2.46. The van der Waals surface area contributed by atoms with Crippen LogP contribution in [0, 0.1) is 0 Å². The summed E-state index contributed by atoms with van der Waals surface area (Å²) in [5.41, 5.74) is 0.320. The highest BCUT2D eigenvalue weighted by Gasteiger charge is 2.14. The number of phenolic OH excluding ortho intramolecular Hbond substituents is 2. The Morgan fingerprint density at radius 1 is 1.33 bits per heavy atom. The van der Waals surface area contributed by atoms with Gasteiger partial charge in [0.1, 0.15) is 0 Å². The predicted octanol–water partition coefficient (Wildman–Crippen LogP) is 1.73. The fourth-order valence-electron chi connectivity index (χ4n) is 1.54. The van der Waals surface area contributed by atoms with Crippen molar-refractivity contribution in [2.45, 2.75) is 12.8 Å². The second kappa shape index (κ2) is 5.50. The fraction of sp³-hybridized carbons (Fsp3) is 0.333. The van der Waals surface area contributed by atoms with E-state index in [1.807, 2.05) is 0 Å². The van der Waals surface area contributed by atoms with E-state index in [1.54, 1.807) is 19.2 Å². The smallest absolute Gasteiger partial charge is 0.261 e. The van der Waals surface area contributed by atoms with Crippen LogP contribution in [0.4, 0.5) is 0 Å². The molecule has 0 aliphatic rings. The lowest BCUT2D eigenvalue weighted by molar-refractivity contribution is 0.194. The first-order chi connectivity index (χ1) is 8.72. The molecule has 0 atom stereocenters. The minimum absolute atomic E-state index is 0.191. The van der Waals surface area contributed by atoms with Crippen molar-refractivity contribution in [3.05, 3.63) is 24.0 Å². The average Bonchev–Trinajstić information content (AvgIpc) is 2.82. The molecule has 1 aromatic heterocycles. The number of hydrogen-bond donors (Lipinski definition) is 2. The van der Waals surface area contributed by atoms with Crippen LogP contribution >= 0.6 is 0 Å². The molecule has 2 aromatic rings. The Balaban J connectivity index is 2.16. The third kappa shape index (κ3) is 2.60. The van der Waals surface area contributed by atoms with Crippen LogP contribution in [-0.2, 0) is 11.2 Å². The van der Waals surface area contributed by atoms with Crippen molar-refractivity contribution < 1.29 is 19.5 Å². The van der Waals surface area contributed by atoms with Crippen molar-refractivity contribution in [1.82, 2.24) is 10.1 Å². The second-order valence-corrected chi connectivity index (χ2v) is 3.79. The Hall–Kier alpha value is -2.08. The van der Waals surface area contributed by atoms with Gasteiger partial charge in [-0.15, -0.1) is 0 Å². The number of methoxy groups -OCH3 is 1. The van der Waals surface area contributed by atoms with Gasteiger partial charge in [0.2, 0.25) is 0 Å². The molecule has 96 valence electrons. The van der Waals surface area contributed by atoms with Gasteiger partial charge in [-0.2, -0.15) is 4.98 Å². The van der Waals surface area contributed by atoms with Crippen LogP contribution in [0.15, 0.2) is 22.7 Å². The van der Waals surface area contributed by atoms with Gasteiger partial charge in [0.15, 0.2) is 17.3 Å². The summed E-state index contributed by atoms with van der Waals surface area (Å²) in [6, 6.07) is 4.58. The van der Waals surface area contributed by atoms with E-state index < -0.39 is 0 Å². The molecule has 0 unspecified atom stereocenters. The van der Waals surface area contributed by atoms with E-state index in [0.717, 1.165) is 6.42 Å². The summed E-state index contributed by atoms with van der Waals surface area (Å²) in [5.74, 6) is 0.261. The lowest BCUT2D eigenvalue weighted by Gasteiger charge is -2.00. The zero-order chi connectivity index (χ0) is 13.0. The average molecular weight is 250 g/mol. The summed E-state index contributed by atoms with van der Waals surface area (Å²) in [7, 11) is 1.63. The van der Waals surface area contributed by atoms with Crippen LogP contribution in [0.2, 0.25) is 0 Å². The number of phenols is 2. The molecule has 0 radical (unpaired) electrons. The monoisotopic (exact) mass is 250 g/mol. The molecule has 1 aromatic carbocycles. The molecule has 6 heteroatoms. The van der Waals surface area contributed by atoms with Crippen LogP contribution in [0.3, 0.4) is 0 Å². The van der Waals surface area contributed by atoms with Crippen LogP contribution < -0.4 is 0 Å². The quantitative estimate of drug-likeness (QED) is 0.620. The van der Waals surface area contributed by atoms with Gasteiger partial charge in [0, 0.05) is 20.1 Å². The lowest BCUT2D eigenvalue weighted by Crippen LogP contribution is -1.94. The van der Waals surface area contributed by atoms with E-state index in [2.05, 4.69) is 10.1 Å². The summed E-state index contributed by atoms with van der Waals surface area (Å²) < 4.78 is 9.97. The van der Waals surface area contributed by atoms with Crippen molar-refractivity contribution >= 4 is 0 Å². The molecule has 0 bridgehead atoms. The first-order valence-electron chi connectivity index (χ1n) is 5.55. The first-order valence-corrected chi connectivity index (χ1v) is 5.55. The summed E-state index contributed by atoms with van der Waals surface area (Å²) in [6.45, 7) is 0.626. The summed E-state index contributed by atoms with van der Waals surface area (Å²) >= 11 is 0. The third-order valence-electron chi connectivity index (χ3n) is 2.46. The van der Waals surface area contributed by atoms with Gasteiger partial charge in [-0.1, -0.05) is 11.2 Å². The molecule has 0 fully saturated rings. The molecule has 0 saturated heterocycles. The van der Waals surface area contributed by atoms with Crippen LogP contribution in [-0.4, -0.2) is 34.1 Å². The van der Waals surface area contributed by atoms with Crippen LogP contribution in [0.25, 0.3) is 11.5 Å². The van der Waals surface area contributed by atoms with Gasteiger partial charge in [0.25, 0.3) is 5.89 Å². The molecule has 0 spiro atoms. The van der Waals surface area contributed by atoms with Crippen LogP contribution in [0.5, 0.6) is 11.5 Å². The number of aromatic nitrogens is 2. The van der Waals surface area contributed by atoms with Crippen molar-refractivity contribution in [2.75, 3.05) is 13.7 Å². The number of rotatable bonds is 5. The number of ether oxygens (including phenoxy) is 1. The topological polar surface area (TPSA) is 88.6 Å². The maximum atomic E-state index is 9.68. The fourth-order valence-corrected chi connectivity index (χ4v) is 1.54. The highest BCUT2D eigenvalue weighted by molar-refractivity contribution is 5.66. The molecule has 18 heavy (non-hydrogen) atoms. The minimum atomic E-state index is -0.260. The summed E-state index contributed by atoms with van der Waals surface area (Å²) in [5, 5.41) is 22.9. The van der Waals surface area contributed by atoms with Crippen molar-refractivity contribution in [3.8, 4) is 23.0 Å². The largest absolute Gasteiger partial charge is 0.504 e. The van der Waals surface area contributed by atoms with E-state index in [9.17, 15) is 10.2 Å². The number of aryl methyl sites for hydroxylation is 1. The van der Waals surface area contributed by atoms with Crippen LogP contribution in [0.1, 0.15) is 12.2 Å². The van der Waals surface area contributed by atoms with Gasteiger partial charge in [-0.25, -0.2) is 0 Å². The molecule has 2 rings (SSSR count). The van der Waals surface area contributed by atoms with Gasteiger partial charge >= 0.3 is 0 Å². The molecule has 0 amide bonds. The molecule has 0 aliphatic heterocycles. The number of para-hydroxylation sites is 1. The van der Waals surface area contributed by atoms with E-state index in [0.29, 0.717) is 24.4 Å². The summed E-state index contributed by atoms with van der Waals surface area (Å²) in [6.07, 6.45) is 1.43. The highest BCUT2D eigenvalue weighted by atomic mass is 16.5. The maximum absolute atomic E-state index is 9.68. The zero-order valence-electron chi connectivity index (χ0n) is 9.96. The minimum Gasteiger partial charge on any atom is -0.504 e. The van der Waals surface area contributed by atoms with Gasteiger partial charge in [-0.3, -0.25) is 0 Å². The Morgan fingerprint density at radius 2 is 2.17 bits per heavy atom. The standard InChI is InChI=1S/C12H14N2O4/c1-17-7-3-6-10-13-12(18-14-10)8-4-2-5-9(15)11(8)16/h2,4-5,15-16H,3,6-7H2,1H3. The van der Waals surface area contributed by atoms with E-state index in [4.69, 9.17) is 9.26 Å². The Kier molecular flexibility index (Phi) is 3.78. The molecular weight excluding hydrogens is 236 g/mol. The number of hydrogen-bond acceptors (Lipinski definition) is 6. The second-order valence-electron chi connectivity index (χ2n) is 3.79. The van der Waals surface area contributed by atoms with E-state index in [1.165, 1.54) is 6.07 Å². The number of aromatic hydroxyl groups is 2. The normalized spacial score (nSPS) is 10.7. The molecule has 2 N–H and O–H groups in total. The Bertz CT molecular complexity index is 525. The SMILES string of the molecule is COCCCc1noc(-c2cccc(O)c2O)n1. The highest BCUT2D eigenvalue weighted by Crippen LogP contribution is 2.34. The van der Waals surface area contributed by atoms with E-state index in [-0.39, 0.29) is 17.4 Å². The van der Waals surface area contributed by atoms with Crippen molar-refractivity contribution in [1.29, 1.82) is 0 Å². The van der Waals surface area contributed by atoms with Gasteiger partial charge in [0.05, 0.1) is 5.56 Å². The molecule has 6 nitrogen and oxygen atoms in total. The van der Waals surface area contributed by atoms with Crippen molar-refractivity contribution in [3.63, 3.8) is 0 Å². The van der Waals surface area contributed by atoms with Gasteiger partial charge < -0.3 is 19.5 Å². The zero-order valence-corrected chi connectivity index (χ0v) is 9.96. The maximum Gasteiger partial charge on any atom is 0.261 e. The summed E-state index contributed by atoms with van der Waals surface area (Å²) in [4.78, 5) is 4.15. The van der Waals surface area contributed by atoms with Crippen molar-refractivity contribution in [2.24, 2.45) is 0 Å². The number of benzene rings is 1. The molecule has 1 heterocycles. The van der Waals surface area contributed by atoms with Gasteiger partial charge in [-0.05, 0) is 18.6 Å². The van der Waals surface area contributed by atoms with E-state index >= 15 is 0 Å². The molecule has 0 aliphatic carbocycles.